The molecule has 3 aliphatic heterocycles. The first-order valence-electron chi connectivity index (χ1n) is 11.3. The molecular weight excluding hydrogens is 396 g/mol. The van der Waals surface area contributed by atoms with Crippen LogP contribution in [0.5, 0.6) is 0 Å². The van der Waals surface area contributed by atoms with Crippen LogP contribution in [0.1, 0.15) is 51.0 Å². The van der Waals surface area contributed by atoms with Crippen LogP contribution in [-0.2, 0) is 19.9 Å². The summed E-state index contributed by atoms with van der Waals surface area (Å²) in [5, 5.41) is 2.81. The van der Waals surface area contributed by atoms with Gasteiger partial charge in [-0.2, -0.15) is 0 Å². The summed E-state index contributed by atoms with van der Waals surface area (Å²) in [5.41, 5.74) is -0.462. The van der Waals surface area contributed by atoms with Gasteiger partial charge in [-0.15, -0.1) is 0 Å². The van der Waals surface area contributed by atoms with Crippen molar-refractivity contribution in [3.63, 3.8) is 0 Å². The average Bonchev–Trinajstić information content (AvgIpc) is 3.42. The Morgan fingerprint density at radius 1 is 1.03 bits per heavy atom. The zero-order valence-electron chi connectivity index (χ0n) is 18.0. The molecule has 8 nitrogen and oxygen atoms in total. The Morgan fingerprint density at radius 3 is 2.39 bits per heavy atom. The van der Waals surface area contributed by atoms with Gasteiger partial charge >= 0.3 is 6.03 Å². The molecule has 3 aliphatic rings. The van der Waals surface area contributed by atoms with Gasteiger partial charge in [-0.25, -0.2) is 4.79 Å². The number of imide groups is 1. The maximum atomic E-state index is 13.3. The summed E-state index contributed by atoms with van der Waals surface area (Å²) >= 11 is 0. The van der Waals surface area contributed by atoms with E-state index in [1.54, 1.807) is 4.90 Å². The van der Waals surface area contributed by atoms with E-state index < -0.39 is 23.5 Å². The third-order valence-electron chi connectivity index (χ3n) is 6.79. The van der Waals surface area contributed by atoms with Gasteiger partial charge in [-0.05, 0) is 44.1 Å². The summed E-state index contributed by atoms with van der Waals surface area (Å²) in [6.07, 6.45) is 4.71. The van der Waals surface area contributed by atoms with Crippen molar-refractivity contribution in [1.29, 1.82) is 0 Å². The Morgan fingerprint density at radius 2 is 1.71 bits per heavy atom. The van der Waals surface area contributed by atoms with Gasteiger partial charge in [-0.3, -0.25) is 19.3 Å². The average molecular weight is 427 g/mol. The quantitative estimate of drug-likeness (QED) is 0.728. The molecule has 3 fully saturated rings. The molecule has 1 aromatic rings. The number of benzene rings is 1. The molecule has 4 rings (SSSR count). The SMILES string of the molecule is CCC1(c2ccccc2)NC(=O)N(CC(=O)N2CCCCC2C(=O)N2CCCC2)C1=O. The minimum Gasteiger partial charge on any atom is -0.341 e. The van der Waals surface area contributed by atoms with Crippen molar-refractivity contribution in [3.8, 4) is 0 Å². The molecule has 3 saturated heterocycles. The zero-order chi connectivity index (χ0) is 22.0. The van der Waals surface area contributed by atoms with Gasteiger partial charge in [-0.1, -0.05) is 37.3 Å². The first-order chi connectivity index (χ1) is 15.0. The second-order valence-corrected chi connectivity index (χ2v) is 8.58. The van der Waals surface area contributed by atoms with Crippen LogP contribution in [0.4, 0.5) is 4.79 Å². The predicted molar refractivity (Wildman–Crippen MR) is 114 cm³/mol. The Labute approximate surface area is 182 Å². The van der Waals surface area contributed by atoms with E-state index in [-0.39, 0.29) is 18.4 Å². The Kier molecular flexibility index (Phi) is 5.98. The summed E-state index contributed by atoms with van der Waals surface area (Å²) < 4.78 is 0. The lowest BCUT2D eigenvalue weighted by molar-refractivity contribution is -0.148. The number of hydrogen-bond donors (Lipinski definition) is 1. The molecule has 2 unspecified atom stereocenters. The minimum atomic E-state index is -1.16. The monoisotopic (exact) mass is 426 g/mol. The Bertz CT molecular complexity index is 868. The smallest absolute Gasteiger partial charge is 0.325 e. The van der Waals surface area contributed by atoms with E-state index in [1.165, 1.54) is 0 Å². The molecule has 1 aromatic carbocycles. The summed E-state index contributed by atoms with van der Waals surface area (Å²) in [6.45, 7) is 3.44. The molecular formula is C23H30N4O4. The normalized spacial score (nSPS) is 26.4. The first kappa shape index (κ1) is 21.3. The molecule has 8 heteroatoms. The number of nitrogens with zero attached hydrogens (tertiary/aromatic N) is 3. The number of likely N-dealkylation sites (tertiary alicyclic amines) is 2. The van der Waals surface area contributed by atoms with Crippen LogP contribution in [0.3, 0.4) is 0 Å². The Hall–Kier alpha value is -2.90. The number of carbonyl (C=O) groups is 4. The molecule has 5 amide bonds. The van der Waals surface area contributed by atoms with Gasteiger partial charge in [0.15, 0.2) is 0 Å². The number of carbonyl (C=O) groups excluding carboxylic acids is 4. The van der Waals surface area contributed by atoms with Crippen molar-refractivity contribution >= 4 is 23.8 Å². The second kappa shape index (κ2) is 8.69. The van der Waals surface area contributed by atoms with Crippen LogP contribution >= 0.6 is 0 Å². The van der Waals surface area contributed by atoms with Gasteiger partial charge in [0.1, 0.15) is 18.1 Å². The summed E-state index contributed by atoms with van der Waals surface area (Å²) in [5.74, 6) is -0.769. The van der Waals surface area contributed by atoms with Gasteiger partial charge in [0.05, 0.1) is 0 Å². The molecule has 166 valence electrons. The summed E-state index contributed by atoms with van der Waals surface area (Å²) in [4.78, 5) is 56.6. The lowest BCUT2D eigenvalue weighted by atomic mass is 9.87. The first-order valence-corrected chi connectivity index (χ1v) is 11.3. The minimum absolute atomic E-state index is 0.00468. The molecule has 0 aliphatic carbocycles. The van der Waals surface area contributed by atoms with Crippen LogP contribution < -0.4 is 5.32 Å². The number of piperidine rings is 1. The van der Waals surface area contributed by atoms with E-state index in [4.69, 9.17) is 0 Å². The van der Waals surface area contributed by atoms with Crippen LogP contribution in [0.2, 0.25) is 0 Å². The number of nitrogens with one attached hydrogen (secondary N) is 1. The van der Waals surface area contributed by atoms with E-state index in [0.717, 1.165) is 43.7 Å². The Balaban J connectivity index is 1.51. The van der Waals surface area contributed by atoms with Gasteiger partial charge < -0.3 is 15.1 Å². The molecule has 0 radical (unpaired) electrons. The van der Waals surface area contributed by atoms with E-state index in [1.807, 2.05) is 42.2 Å². The predicted octanol–water partition coefficient (Wildman–Crippen LogP) is 1.85. The van der Waals surface area contributed by atoms with Crippen LogP contribution in [-0.4, -0.2) is 70.7 Å². The van der Waals surface area contributed by atoms with Crippen LogP contribution in [0.15, 0.2) is 30.3 Å². The molecule has 1 N–H and O–H groups in total. The van der Waals surface area contributed by atoms with Crippen molar-refractivity contribution in [2.45, 2.75) is 57.0 Å². The highest BCUT2D eigenvalue weighted by Crippen LogP contribution is 2.32. The molecule has 0 bridgehead atoms. The molecule has 0 aromatic heterocycles. The van der Waals surface area contributed by atoms with Gasteiger partial charge in [0.2, 0.25) is 11.8 Å². The number of urea groups is 1. The fraction of sp³-hybridized carbons (Fsp3) is 0.565. The van der Waals surface area contributed by atoms with Crippen LogP contribution in [0, 0.1) is 0 Å². The topological polar surface area (TPSA) is 90.0 Å². The highest BCUT2D eigenvalue weighted by molar-refractivity contribution is 6.09. The number of hydrogen-bond acceptors (Lipinski definition) is 4. The van der Waals surface area contributed by atoms with E-state index >= 15 is 0 Å². The maximum Gasteiger partial charge on any atom is 0.325 e. The number of amides is 5. The van der Waals surface area contributed by atoms with Crippen molar-refractivity contribution in [1.82, 2.24) is 20.0 Å². The summed E-state index contributed by atoms with van der Waals surface area (Å²) in [7, 11) is 0. The number of rotatable bonds is 5. The fourth-order valence-corrected chi connectivity index (χ4v) is 4.99. The molecule has 0 spiro atoms. The highest BCUT2D eigenvalue weighted by atomic mass is 16.2. The van der Waals surface area contributed by atoms with E-state index in [0.29, 0.717) is 24.9 Å². The largest absolute Gasteiger partial charge is 0.341 e. The molecule has 3 heterocycles. The third kappa shape index (κ3) is 3.79. The van der Waals surface area contributed by atoms with Crippen molar-refractivity contribution in [3.05, 3.63) is 35.9 Å². The zero-order valence-corrected chi connectivity index (χ0v) is 18.0. The molecule has 31 heavy (non-hydrogen) atoms. The lowest BCUT2D eigenvalue weighted by Gasteiger charge is -2.37. The maximum absolute atomic E-state index is 13.3. The van der Waals surface area contributed by atoms with Gasteiger partial charge in [0.25, 0.3) is 5.91 Å². The molecule has 2 atom stereocenters. The second-order valence-electron chi connectivity index (χ2n) is 8.58. The van der Waals surface area contributed by atoms with Gasteiger partial charge in [0, 0.05) is 19.6 Å². The fourth-order valence-electron chi connectivity index (χ4n) is 4.99. The summed E-state index contributed by atoms with van der Waals surface area (Å²) in [6, 6.07) is 8.05. The van der Waals surface area contributed by atoms with E-state index in [2.05, 4.69) is 5.32 Å². The van der Waals surface area contributed by atoms with E-state index in [9.17, 15) is 19.2 Å². The van der Waals surface area contributed by atoms with Crippen LogP contribution in [0.25, 0.3) is 0 Å². The van der Waals surface area contributed by atoms with Crippen molar-refractivity contribution in [2.24, 2.45) is 0 Å². The van der Waals surface area contributed by atoms with Crippen molar-refractivity contribution in [2.75, 3.05) is 26.2 Å². The molecule has 0 saturated carbocycles. The standard InChI is InChI=1S/C23H30N4O4/c1-2-23(17-10-4-3-5-11-17)21(30)27(22(31)24-23)16-19(28)26-15-7-6-12-18(26)20(29)25-13-8-9-14-25/h3-5,10-11,18H,2,6-9,12-16H2,1H3,(H,24,31). The third-order valence-corrected chi connectivity index (χ3v) is 6.79. The van der Waals surface area contributed by atoms with Crippen molar-refractivity contribution < 1.29 is 19.2 Å². The highest BCUT2D eigenvalue weighted by Gasteiger charge is 2.52. The lowest BCUT2D eigenvalue weighted by Crippen LogP contribution is -2.55.